The van der Waals surface area contributed by atoms with Gasteiger partial charge in [-0.3, -0.25) is 4.98 Å². The van der Waals surface area contributed by atoms with Gasteiger partial charge in [0.1, 0.15) is 17.3 Å². The lowest BCUT2D eigenvalue weighted by Gasteiger charge is -2.03. The van der Waals surface area contributed by atoms with Gasteiger partial charge in [0.15, 0.2) is 0 Å². The Labute approximate surface area is 113 Å². The lowest BCUT2D eigenvalue weighted by molar-refractivity contribution is 0.622. The van der Waals surface area contributed by atoms with E-state index in [9.17, 15) is 8.78 Å². The third-order valence-electron chi connectivity index (χ3n) is 3.57. The Balaban J connectivity index is 2.00. The molecule has 3 aromatic rings. The van der Waals surface area contributed by atoms with Crippen molar-refractivity contribution in [3.63, 3.8) is 0 Å². The van der Waals surface area contributed by atoms with Crippen LogP contribution in [-0.4, -0.2) is 14.4 Å². The van der Waals surface area contributed by atoms with Crippen LogP contribution in [0.2, 0.25) is 0 Å². The molecule has 5 heteroatoms. The van der Waals surface area contributed by atoms with E-state index in [1.54, 1.807) is 12.4 Å². The molecule has 0 aliphatic heterocycles. The van der Waals surface area contributed by atoms with Crippen molar-refractivity contribution in [2.24, 2.45) is 0 Å². The smallest absolute Gasteiger partial charge is 0.142 e. The Morgan fingerprint density at radius 1 is 1.10 bits per heavy atom. The summed E-state index contributed by atoms with van der Waals surface area (Å²) in [5.74, 6) is -0.310. The second-order valence-corrected chi connectivity index (χ2v) is 5.08. The first-order valence-electron chi connectivity index (χ1n) is 6.51. The van der Waals surface area contributed by atoms with Gasteiger partial charge in [-0.1, -0.05) is 0 Å². The first-order valence-corrected chi connectivity index (χ1v) is 6.51. The van der Waals surface area contributed by atoms with Crippen LogP contribution in [0.3, 0.4) is 0 Å². The fourth-order valence-electron chi connectivity index (χ4n) is 2.54. The normalized spacial score (nSPS) is 14.9. The van der Waals surface area contributed by atoms with Crippen LogP contribution in [0.15, 0.2) is 36.8 Å². The van der Waals surface area contributed by atoms with E-state index in [0.717, 1.165) is 24.7 Å². The van der Waals surface area contributed by atoms with Gasteiger partial charge >= 0.3 is 0 Å². The van der Waals surface area contributed by atoms with E-state index in [4.69, 9.17) is 0 Å². The van der Waals surface area contributed by atoms with Gasteiger partial charge in [0.05, 0.1) is 17.6 Å². The summed E-state index contributed by atoms with van der Waals surface area (Å²) < 4.78 is 28.6. The Morgan fingerprint density at radius 3 is 2.70 bits per heavy atom. The third kappa shape index (κ3) is 1.78. The van der Waals surface area contributed by atoms with Crippen LogP contribution in [-0.2, 0) is 0 Å². The van der Waals surface area contributed by atoms with Crippen LogP contribution in [0.25, 0.3) is 16.9 Å². The van der Waals surface area contributed by atoms with Crippen molar-refractivity contribution in [2.75, 3.05) is 0 Å². The van der Waals surface area contributed by atoms with Gasteiger partial charge in [0.2, 0.25) is 0 Å². The summed E-state index contributed by atoms with van der Waals surface area (Å²) in [6.07, 6.45) is 6.60. The number of nitrogens with zero attached hydrogens (tertiary/aromatic N) is 3. The highest BCUT2D eigenvalue weighted by molar-refractivity contribution is 5.67. The molecular weight excluding hydrogens is 260 g/mol. The molecule has 20 heavy (non-hydrogen) atoms. The quantitative estimate of drug-likeness (QED) is 0.713. The van der Waals surface area contributed by atoms with E-state index in [1.165, 1.54) is 18.2 Å². The maximum atomic E-state index is 13.4. The van der Waals surface area contributed by atoms with E-state index in [0.29, 0.717) is 22.8 Å². The molecule has 3 aromatic heterocycles. The second-order valence-electron chi connectivity index (χ2n) is 5.08. The van der Waals surface area contributed by atoms with Crippen LogP contribution < -0.4 is 0 Å². The SMILES string of the molecule is Fc1cncc(-c2nc3cc(F)ccn3c2C2CC2)c1. The summed E-state index contributed by atoms with van der Waals surface area (Å²) in [7, 11) is 0. The van der Waals surface area contributed by atoms with Gasteiger partial charge in [-0.15, -0.1) is 0 Å². The summed E-state index contributed by atoms with van der Waals surface area (Å²) in [5, 5.41) is 0. The van der Waals surface area contributed by atoms with Crippen molar-refractivity contribution in [2.45, 2.75) is 18.8 Å². The summed E-state index contributed by atoms with van der Waals surface area (Å²) in [5.41, 5.74) is 2.90. The molecule has 100 valence electrons. The number of aromatic nitrogens is 3. The maximum Gasteiger partial charge on any atom is 0.142 e. The summed E-state index contributed by atoms with van der Waals surface area (Å²) in [6.45, 7) is 0. The average Bonchev–Trinajstić information content (AvgIpc) is 3.19. The molecule has 0 saturated heterocycles. The number of hydrogen-bond acceptors (Lipinski definition) is 2. The summed E-state index contributed by atoms with van der Waals surface area (Å²) >= 11 is 0. The molecule has 0 amide bonds. The minimum absolute atomic E-state index is 0.325. The number of pyridine rings is 2. The second kappa shape index (κ2) is 4.10. The molecule has 0 N–H and O–H groups in total. The monoisotopic (exact) mass is 271 g/mol. The molecule has 0 atom stereocenters. The predicted octanol–water partition coefficient (Wildman–Crippen LogP) is 3.55. The lowest BCUT2D eigenvalue weighted by atomic mass is 10.1. The maximum absolute atomic E-state index is 13.4. The zero-order valence-electron chi connectivity index (χ0n) is 10.6. The predicted molar refractivity (Wildman–Crippen MR) is 70.3 cm³/mol. The zero-order valence-corrected chi connectivity index (χ0v) is 10.6. The Morgan fingerprint density at radius 2 is 1.95 bits per heavy atom. The third-order valence-corrected chi connectivity index (χ3v) is 3.57. The van der Waals surface area contributed by atoms with Crippen molar-refractivity contribution in [3.05, 3.63) is 54.1 Å². The van der Waals surface area contributed by atoms with Crippen LogP contribution in [0, 0.1) is 11.6 Å². The number of fused-ring (bicyclic) bond motifs is 1. The molecule has 1 fully saturated rings. The highest BCUT2D eigenvalue weighted by atomic mass is 19.1. The van der Waals surface area contributed by atoms with E-state index in [-0.39, 0.29) is 5.82 Å². The Kier molecular flexibility index (Phi) is 2.36. The number of imidazole rings is 1. The minimum atomic E-state index is -0.396. The van der Waals surface area contributed by atoms with Crippen molar-refractivity contribution in [3.8, 4) is 11.3 Å². The van der Waals surface area contributed by atoms with Gasteiger partial charge in [0.25, 0.3) is 0 Å². The standard InChI is InChI=1S/C15H11F2N3/c16-11-3-4-20-13(6-11)19-14(15(20)9-1-2-9)10-5-12(17)8-18-7-10/h3-9H,1-2H2. The summed E-state index contributed by atoms with van der Waals surface area (Å²) in [4.78, 5) is 8.33. The average molecular weight is 271 g/mol. The fraction of sp³-hybridized carbons (Fsp3) is 0.200. The van der Waals surface area contributed by atoms with Crippen molar-refractivity contribution >= 4 is 5.65 Å². The Bertz CT molecular complexity index is 806. The molecule has 4 rings (SSSR count). The van der Waals surface area contributed by atoms with E-state index >= 15 is 0 Å². The molecule has 0 radical (unpaired) electrons. The number of rotatable bonds is 2. The van der Waals surface area contributed by atoms with E-state index in [1.807, 2.05) is 4.40 Å². The largest absolute Gasteiger partial charge is 0.303 e. The van der Waals surface area contributed by atoms with Gasteiger partial charge in [-0.2, -0.15) is 0 Å². The highest BCUT2D eigenvalue weighted by Crippen LogP contribution is 2.44. The highest BCUT2D eigenvalue weighted by Gasteiger charge is 2.31. The molecule has 1 aliphatic rings. The van der Waals surface area contributed by atoms with Crippen LogP contribution >= 0.6 is 0 Å². The lowest BCUT2D eigenvalue weighted by Crippen LogP contribution is -1.93. The number of halogens is 2. The summed E-state index contributed by atoms with van der Waals surface area (Å²) in [6, 6.07) is 4.22. The van der Waals surface area contributed by atoms with Gasteiger partial charge < -0.3 is 4.40 Å². The molecule has 0 spiro atoms. The topological polar surface area (TPSA) is 30.2 Å². The molecule has 0 unspecified atom stereocenters. The molecule has 1 saturated carbocycles. The van der Waals surface area contributed by atoms with Crippen molar-refractivity contribution in [1.82, 2.24) is 14.4 Å². The van der Waals surface area contributed by atoms with Gasteiger partial charge in [-0.25, -0.2) is 13.8 Å². The molecule has 3 heterocycles. The van der Waals surface area contributed by atoms with Gasteiger partial charge in [0, 0.05) is 29.9 Å². The molecule has 3 nitrogen and oxygen atoms in total. The minimum Gasteiger partial charge on any atom is -0.303 e. The first kappa shape index (κ1) is 11.5. The van der Waals surface area contributed by atoms with Crippen molar-refractivity contribution < 1.29 is 8.78 Å². The van der Waals surface area contributed by atoms with E-state index in [2.05, 4.69) is 9.97 Å². The van der Waals surface area contributed by atoms with Crippen LogP contribution in [0.1, 0.15) is 24.5 Å². The first-order chi connectivity index (χ1) is 9.72. The number of hydrogen-bond donors (Lipinski definition) is 0. The molecule has 0 aromatic carbocycles. The van der Waals surface area contributed by atoms with Crippen LogP contribution in [0.5, 0.6) is 0 Å². The fourth-order valence-corrected chi connectivity index (χ4v) is 2.54. The zero-order chi connectivity index (χ0) is 13.7. The van der Waals surface area contributed by atoms with E-state index < -0.39 is 5.82 Å². The van der Waals surface area contributed by atoms with Crippen LogP contribution in [0.4, 0.5) is 8.78 Å². The molecule has 0 bridgehead atoms. The molecule has 1 aliphatic carbocycles. The van der Waals surface area contributed by atoms with Crippen molar-refractivity contribution in [1.29, 1.82) is 0 Å². The Hall–Kier alpha value is -2.30. The van der Waals surface area contributed by atoms with Gasteiger partial charge in [-0.05, 0) is 25.0 Å². The molecular formula is C15H11F2N3.